The van der Waals surface area contributed by atoms with Gasteiger partial charge in [-0.3, -0.25) is 0 Å². The van der Waals surface area contributed by atoms with Crippen LogP contribution < -0.4 is 0 Å². The molecule has 0 aromatic carbocycles. The van der Waals surface area contributed by atoms with Crippen LogP contribution in [0.2, 0.25) is 0 Å². The Balaban J connectivity index is 2.50. The molecule has 0 spiro atoms. The summed E-state index contributed by atoms with van der Waals surface area (Å²) in [4.78, 5) is 0. The first-order chi connectivity index (χ1) is 7.60. The molecule has 1 unspecified atom stereocenters. The lowest BCUT2D eigenvalue weighted by Gasteiger charge is -2.39. The zero-order valence-electron chi connectivity index (χ0n) is 10.6. The maximum absolute atomic E-state index is 6.15. The summed E-state index contributed by atoms with van der Waals surface area (Å²) in [6.45, 7) is 6.54. The third-order valence-corrected chi connectivity index (χ3v) is 4.96. The predicted molar refractivity (Wildman–Crippen MR) is 73.3 cm³/mol. The van der Waals surface area contributed by atoms with Crippen LogP contribution in [0.25, 0.3) is 0 Å². The monoisotopic (exact) mass is 342 g/mol. The van der Waals surface area contributed by atoms with Gasteiger partial charge in [0.05, 0.1) is 17.8 Å². The largest absolute Gasteiger partial charge is 0.381 e. The molecule has 0 saturated carbocycles. The normalized spacial score (nSPS) is 24.0. The van der Waals surface area contributed by atoms with E-state index < -0.39 is 0 Å². The van der Waals surface area contributed by atoms with E-state index >= 15 is 0 Å². The highest BCUT2D eigenvalue weighted by molar-refractivity contribution is 14.1. The van der Waals surface area contributed by atoms with E-state index in [-0.39, 0.29) is 11.2 Å². The Bertz CT molecular complexity index is 198. The topological polar surface area (TPSA) is 27.7 Å². The van der Waals surface area contributed by atoms with Crippen LogP contribution in [0.4, 0.5) is 0 Å². The molecule has 1 atom stereocenters. The minimum Gasteiger partial charge on any atom is -0.381 e. The molecule has 16 heavy (non-hydrogen) atoms. The maximum atomic E-state index is 6.15. The van der Waals surface area contributed by atoms with Gasteiger partial charge in [0.25, 0.3) is 0 Å². The second-order valence-electron chi connectivity index (χ2n) is 4.73. The summed E-state index contributed by atoms with van der Waals surface area (Å²) in [7, 11) is 1.76. The fourth-order valence-corrected chi connectivity index (χ4v) is 2.65. The predicted octanol–water partition coefficient (Wildman–Crippen LogP) is 2.80. The lowest BCUT2D eigenvalue weighted by atomic mass is 9.96. The quantitative estimate of drug-likeness (QED) is 0.549. The summed E-state index contributed by atoms with van der Waals surface area (Å²) < 4.78 is 18.1. The Morgan fingerprint density at radius 3 is 2.44 bits per heavy atom. The van der Waals surface area contributed by atoms with Crippen molar-refractivity contribution in [3.8, 4) is 0 Å². The van der Waals surface area contributed by atoms with Crippen molar-refractivity contribution in [3.05, 3.63) is 0 Å². The van der Waals surface area contributed by atoms with Crippen molar-refractivity contribution in [2.45, 2.75) is 44.3 Å². The van der Waals surface area contributed by atoms with Gasteiger partial charge in [-0.2, -0.15) is 0 Å². The zero-order chi connectivity index (χ0) is 12.1. The molecule has 1 fully saturated rings. The third-order valence-electron chi connectivity index (χ3n) is 3.57. The second-order valence-corrected chi connectivity index (χ2v) is 5.49. The summed E-state index contributed by atoms with van der Waals surface area (Å²) in [5, 5.41) is 0. The van der Waals surface area contributed by atoms with Crippen molar-refractivity contribution < 1.29 is 14.2 Å². The number of hydrogen-bond donors (Lipinski definition) is 0. The molecule has 0 aliphatic carbocycles. The van der Waals surface area contributed by atoms with E-state index in [1.165, 1.54) is 0 Å². The molecular weight excluding hydrogens is 319 g/mol. The Morgan fingerprint density at radius 1 is 1.38 bits per heavy atom. The Hall–Kier alpha value is 0.610. The SMILES string of the molecule is CCC(C)(COC1(CI)CCOCC1)OC. The zero-order valence-corrected chi connectivity index (χ0v) is 12.7. The number of alkyl halides is 1. The lowest BCUT2D eigenvalue weighted by Crippen LogP contribution is -2.45. The Kier molecular flexibility index (Phi) is 5.98. The molecule has 0 N–H and O–H groups in total. The molecule has 1 rings (SSSR count). The van der Waals surface area contributed by atoms with E-state index in [0.717, 1.165) is 36.9 Å². The van der Waals surface area contributed by atoms with E-state index in [2.05, 4.69) is 36.4 Å². The van der Waals surface area contributed by atoms with Crippen LogP contribution in [0.3, 0.4) is 0 Å². The van der Waals surface area contributed by atoms with Crippen molar-refractivity contribution in [2.24, 2.45) is 0 Å². The maximum Gasteiger partial charge on any atom is 0.0880 e. The fourth-order valence-electron chi connectivity index (χ4n) is 1.67. The van der Waals surface area contributed by atoms with Gasteiger partial charge < -0.3 is 14.2 Å². The summed E-state index contributed by atoms with van der Waals surface area (Å²) in [6.07, 6.45) is 2.97. The molecule has 1 aliphatic heterocycles. The number of rotatable bonds is 6. The van der Waals surface area contributed by atoms with Gasteiger partial charge in [-0.15, -0.1) is 0 Å². The third kappa shape index (κ3) is 3.82. The minimum atomic E-state index is -0.156. The molecule has 0 radical (unpaired) electrons. The van der Waals surface area contributed by atoms with Crippen molar-refractivity contribution in [3.63, 3.8) is 0 Å². The number of ether oxygens (including phenoxy) is 3. The van der Waals surface area contributed by atoms with E-state index in [9.17, 15) is 0 Å². The van der Waals surface area contributed by atoms with Crippen molar-refractivity contribution in [1.29, 1.82) is 0 Å². The summed E-state index contributed by atoms with van der Waals surface area (Å²) >= 11 is 2.41. The van der Waals surface area contributed by atoms with Crippen molar-refractivity contribution in [2.75, 3.05) is 31.4 Å². The first-order valence-corrected chi connectivity index (χ1v) is 7.45. The van der Waals surface area contributed by atoms with Gasteiger partial charge in [-0.25, -0.2) is 0 Å². The van der Waals surface area contributed by atoms with Crippen LogP contribution in [0, 0.1) is 0 Å². The highest BCUT2D eigenvalue weighted by atomic mass is 127. The van der Waals surface area contributed by atoms with Crippen LogP contribution >= 0.6 is 22.6 Å². The molecule has 3 nitrogen and oxygen atoms in total. The number of hydrogen-bond acceptors (Lipinski definition) is 3. The van der Waals surface area contributed by atoms with Crippen LogP contribution in [0.1, 0.15) is 33.1 Å². The summed E-state index contributed by atoms with van der Waals surface area (Å²) in [5.74, 6) is 0. The molecule has 1 heterocycles. The van der Waals surface area contributed by atoms with Gasteiger partial charge in [0.2, 0.25) is 0 Å². The first kappa shape index (κ1) is 14.7. The van der Waals surface area contributed by atoms with Gasteiger partial charge in [0.1, 0.15) is 0 Å². The van der Waals surface area contributed by atoms with Gasteiger partial charge in [-0.05, 0) is 13.3 Å². The van der Waals surface area contributed by atoms with E-state index in [4.69, 9.17) is 14.2 Å². The van der Waals surface area contributed by atoms with Crippen LogP contribution in [0.5, 0.6) is 0 Å². The lowest BCUT2D eigenvalue weighted by molar-refractivity contribution is -0.147. The molecule has 96 valence electrons. The van der Waals surface area contributed by atoms with Gasteiger partial charge in [0.15, 0.2) is 0 Å². The minimum absolute atomic E-state index is 0.00771. The molecule has 1 saturated heterocycles. The number of halogens is 1. The fraction of sp³-hybridized carbons (Fsp3) is 1.00. The molecule has 0 aromatic heterocycles. The molecule has 1 aliphatic rings. The molecule has 4 heteroatoms. The van der Waals surface area contributed by atoms with Gasteiger partial charge >= 0.3 is 0 Å². The molecule has 0 aromatic rings. The average molecular weight is 342 g/mol. The molecule has 0 bridgehead atoms. The Labute approximate surface area is 112 Å². The Morgan fingerprint density at radius 2 is 2.00 bits per heavy atom. The highest BCUT2D eigenvalue weighted by Crippen LogP contribution is 2.29. The van der Waals surface area contributed by atoms with E-state index in [0.29, 0.717) is 6.61 Å². The van der Waals surface area contributed by atoms with Crippen LogP contribution in [-0.4, -0.2) is 42.6 Å². The van der Waals surface area contributed by atoms with Crippen LogP contribution in [-0.2, 0) is 14.2 Å². The second kappa shape index (κ2) is 6.52. The molecule has 0 amide bonds. The average Bonchev–Trinajstić information content (AvgIpc) is 2.37. The van der Waals surface area contributed by atoms with Gasteiger partial charge in [0, 0.05) is 37.6 Å². The van der Waals surface area contributed by atoms with Crippen molar-refractivity contribution >= 4 is 22.6 Å². The standard InChI is InChI=1S/C12H23IO3/c1-4-11(2,14-3)10-16-12(9-13)5-7-15-8-6-12/h4-10H2,1-3H3. The number of methoxy groups -OCH3 is 1. The smallest absolute Gasteiger partial charge is 0.0880 e. The molecular formula is C12H23IO3. The van der Waals surface area contributed by atoms with Crippen molar-refractivity contribution in [1.82, 2.24) is 0 Å². The highest BCUT2D eigenvalue weighted by Gasteiger charge is 2.35. The summed E-state index contributed by atoms with van der Waals surface area (Å²) in [5.41, 5.74) is -0.148. The first-order valence-electron chi connectivity index (χ1n) is 5.92. The van der Waals surface area contributed by atoms with E-state index in [1.54, 1.807) is 7.11 Å². The van der Waals surface area contributed by atoms with Gasteiger partial charge in [-0.1, -0.05) is 29.5 Å². The van der Waals surface area contributed by atoms with Crippen LogP contribution in [0.15, 0.2) is 0 Å². The van der Waals surface area contributed by atoms with E-state index in [1.807, 2.05) is 0 Å². The summed E-state index contributed by atoms with van der Waals surface area (Å²) in [6, 6.07) is 0.